The van der Waals surface area contributed by atoms with Gasteiger partial charge in [-0.1, -0.05) is 12.1 Å². The Labute approximate surface area is 154 Å². The van der Waals surface area contributed by atoms with Crippen molar-refractivity contribution in [2.75, 3.05) is 0 Å². The average molecular weight is 364 g/mol. The number of phenolic OH excluding ortho intramolecular Hbond substituents is 5. The lowest BCUT2D eigenvalue weighted by molar-refractivity contribution is 0.0968. The molecule has 0 spiro atoms. The van der Waals surface area contributed by atoms with E-state index in [1.807, 2.05) is 0 Å². The molecule has 0 fully saturated rings. The van der Waals surface area contributed by atoms with E-state index in [1.165, 1.54) is 36.4 Å². The third kappa shape index (κ3) is 2.71. The van der Waals surface area contributed by atoms with Gasteiger partial charge in [-0.05, 0) is 41.5 Å². The highest BCUT2D eigenvalue weighted by Gasteiger charge is 2.44. The predicted molar refractivity (Wildman–Crippen MR) is 96.6 cm³/mol. The molecule has 0 saturated heterocycles. The van der Waals surface area contributed by atoms with E-state index in [2.05, 4.69) is 0 Å². The molecule has 0 unspecified atom stereocenters. The van der Waals surface area contributed by atoms with Crippen molar-refractivity contribution >= 4 is 5.78 Å². The molecule has 0 amide bonds. The predicted octanol–water partition coefficient (Wildman–Crippen LogP) is 3.33. The first-order chi connectivity index (χ1) is 12.8. The lowest BCUT2D eigenvalue weighted by atomic mass is 9.81. The van der Waals surface area contributed by atoms with Gasteiger partial charge in [-0.15, -0.1) is 0 Å². The second-order valence-electron chi connectivity index (χ2n) is 6.62. The summed E-state index contributed by atoms with van der Waals surface area (Å²) in [6.07, 6.45) is 0. The van der Waals surface area contributed by atoms with Crippen molar-refractivity contribution in [3.8, 4) is 28.7 Å². The highest BCUT2D eigenvalue weighted by Crippen LogP contribution is 2.52. The molecule has 3 aromatic carbocycles. The van der Waals surface area contributed by atoms with E-state index in [9.17, 15) is 30.3 Å². The van der Waals surface area contributed by atoms with Gasteiger partial charge >= 0.3 is 0 Å². The number of benzene rings is 3. The standard InChI is InChI=1S/C21H16O6/c22-12-3-1-10(2-4-12)18-19(11-5-13(23)7-14(24)6-11)21(27)16-8-15(25)9-17(26)20(16)18/h1-9,18-19,22-26H/t18-,19-/m1/s1. The van der Waals surface area contributed by atoms with Gasteiger partial charge in [0.2, 0.25) is 0 Å². The Morgan fingerprint density at radius 1 is 0.593 bits per heavy atom. The van der Waals surface area contributed by atoms with Crippen LogP contribution in [0.25, 0.3) is 0 Å². The summed E-state index contributed by atoms with van der Waals surface area (Å²) in [5.41, 5.74) is 1.58. The fourth-order valence-electron chi connectivity index (χ4n) is 3.82. The largest absolute Gasteiger partial charge is 0.508 e. The molecule has 6 heteroatoms. The molecule has 0 aliphatic heterocycles. The molecule has 3 aromatic rings. The first-order valence-corrected chi connectivity index (χ1v) is 8.27. The number of rotatable bonds is 2. The zero-order valence-corrected chi connectivity index (χ0v) is 14.0. The summed E-state index contributed by atoms with van der Waals surface area (Å²) >= 11 is 0. The Morgan fingerprint density at radius 2 is 1.19 bits per heavy atom. The quantitative estimate of drug-likeness (QED) is 0.476. The first-order valence-electron chi connectivity index (χ1n) is 8.27. The van der Waals surface area contributed by atoms with Crippen LogP contribution in [-0.2, 0) is 0 Å². The van der Waals surface area contributed by atoms with Crippen LogP contribution >= 0.6 is 0 Å². The van der Waals surface area contributed by atoms with Crippen LogP contribution in [-0.4, -0.2) is 31.3 Å². The van der Waals surface area contributed by atoms with E-state index in [1.54, 1.807) is 12.1 Å². The monoisotopic (exact) mass is 364 g/mol. The van der Waals surface area contributed by atoms with Crippen LogP contribution in [0.1, 0.15) is 38.9 Å². The minimum absolute atomic E-state index is 0.0600. The van der Waals surface area contributed by atoms with Gasteiger partial charge in [0.05, 0.1) is 5.92 Å². The first kappa shape index (κ1) is 16.8. The molecule has 1 aliphatic rings. The molecule has 0 aromatic heterocycles. The van der Waals surface area contributed by atoms with Crippen LogP contribution in [0.5, 0.6) is 28.7 Å². The second-order valence-corrected chi connectivity index (χ2v) is 6.62. The molecular weight excluding hydrogens is 348 g/mol. The van der Waals surface area contributed by atoms with Gasteiger partial charge in [-0.2, -0.15) is 0 Å². The molecule has 0 heterocycles. The van der Waals surface area contributed by atoms with Gasteiger partial charge in [0.25, 0.3) is 0 Å². The highest BCUT2D eigenvalue weighted by molar-refractivity contribution is 6.08. The fraction of sp³-hybridized carbons (Fsp3) is 0.0952. The van der Waals surface area contributed by atoms with Crippen molar-refractivity contribution in [2.24, 2.45) is 0 Å². The van der Waals surface area contributed by atoms with Crippen molar-refractivity contribution < 1.29 is 30.3 Å². The molecule has 5 N–H and O–H groups in total. The Balaban J connectivity index is 1.97. The molecule has 0 bridgehead atoms. The third-order valence-corrected chi connectivity index (χ3v) is 4.87. The van der Waals surface area contributed by atoms with Crippen molar-refractivity contribution in [1.82, 2.24) is 0 Å². The summed E-state index contributed by atoms with van der Waals surface area (Å²) in [6, 6.07) is 12.6. The zero-order chi connectivity index (χ0) is 19.3. The zero-order valence-electron chi connectivity index (χ0n) is 14.0. The number of aromatic hydroxyl groups is 5. The van der Waals surface area contributed by atoms with Crippen LogP contribution in [0.4, 0.5) is 0 Å². The van der Waals surface area contributed by atoms with Gasteiger partial charge in [-0.3, -0.25) is 4.79 Å². The maximum atomic E-state index is 13.1. The van der Waals surface area contributed by atoms with Crippen molar-refractivity contribution in [3.05, 3.63) is 76.9 Å². The van der Waals surface area contributed by atoms with Crippen LogP contribution in [0, 0.1) is 0 Å². The van der Waals surface area contributed by atoms with Gasteiger partial charge in [0.15, 0.2) is 5.78 Å². The van der Waals surface area contributed by atoms with E-state index in [-0.39, 0.29) is 40.1 Å². The van der Waals surface area contributed by atoms with Crippen molar-refractivity contribution in [2.45, 2.75) is 11.8 Å². The third-order valence-electron chi connectivity index (χ3n) is 4.87. The van der Waals surface area contributed by atoms with Crippen LogP contribution < -0.4 is 0 Å². The SMILES string of the molecule is O=C1c2cc(O)cc(O)c2[C@H](c2ccc(O)cc2)[C@H]1c1cc(O)cc(O)c1. The molecule has 0 saturated carbocycles. The molecule has 136 valence electrons. The van der Waals surface area contributed by atoms with Crippen LogP contribution in [0.3, 0.4) is 0 Å². The molecule has 6 nitrogen and oxygen atoms in total. The number of hydrogen-bond donors (Lipinski definition) is 5. The van der Waals surface area contributed by atoms with E-state index >= 15 is 0 Å². The van der Waals surface area contributed by atoms with Crippen LogP contribution in [0.15, 0.2) is 54.6 Å². The Hall–Kier alpha value is -3.67. The molecule has 4 rings (SSSR count). The smallest absolute Gasteiger partial charge is 0.171 e. The number of hydrogen-bond acceptors (Lipinski definition) is 6. The van der Waals surface area contributed by atoms with Gasteiger partial charge < -0.3 is 25.5 Å². The minimum Gasteiger partial charge on any atom is -0.508 e. The number of carbonyl (C=O) groups is 1. The normalized spacial score (nSPS) is 18.4. The lowest BCUT2D eigenvalue weighted by Gasteiger charge is -2.21. The molecule has 1 aliphatic carbocycles. The number of ketones is 1. The number of Topliss-reactive ketones (excluding diaryl/α,β-unsaturated/α-hetero) is 1. The van der Waals surface area contributed by atoms with Crippen LogP contribution in [0.2, 0.25) is 0 Å². The molecular formula is C21H16O6. The van der Waals surface area contributed by atoms with E-state index in [0.717, 1.165) is 6.07 Å². The lowest BCUT2D eigenvalue weighted by Crippen LogP contribution is -2.13. The molecule has 0 radical (unpaired) electrons. The van der Waals surface area contributed by atoms with E-state index < -0.39 is 11.8 Å². The minimum atomic E-state index is -0.824. The molecule has 2 atom stereocenters. The number of phenols is 5. The van der Waals surface area contributed by atoms with Gasteiger partial charge in [-0.25, -0.2) is 0 Å². The number of fused-ring (bicyclic) bond motifs is 1. The Morgan fingerprint density at radius 3 is 1.81 bits per heavy atom. The summed E-state index contributed by atoms with van der Waals surface area (Å²) in [5, 5.41) is 49.5. The number of carbonyl (C=O) groups excluding carboxylic acids is 1. The maximum absolute atomic E-state index is 13.1. The summed E-state index contributed by atoms with van der Waals surface area (Å²) < 4.78 is 0. The Kier molecular flexibility index (Phi) is 3.70. The highest BCUT2D eigenvalue weighted by atomic mass is 16.3. The fourth-order valence-corrected chi connectivity index (χ4v) is 3.82. The summed E-state index contributed by atoms with van der Waals surface area (Å²) in [7, 11) is 0. The summed E-state index contributed by atoms with van der Waals surface area (Å²) in [4.78, 5) is 13.1. The molecule has 27 heavy (non-hydrogen) atoms. The maximum Gasteiger partial charge on any atom is 0.171 e. The van der Waals surface area contributed by atoms with Crippen molar-refractivity contribution in [1.29, 1.82) is 0 Å². The van der Waals surface area contributed by atoms with E-state index in [4.69, 9.17) is 0 Å². The van der Waals surface area contributed by atoms with Gasteiger partial charge in [0.1, 0.15) is 28.7 Å². The Bertz CT molecular complexity index is 1030. The van der Waals surface area contributed by atoms with Crippen molar-refractivity contribution in [3.63, 3.8) is 0 Å². The summed E-state index contributed by atoms with van der Waals surface area (Å²) in [5.74, 6) is -2.56. The van der Waals surface area contributed by atoms with E-state index in [0.29, 0.717) is 16.7 Å². The summed E-state index contributed by atoms with van der Waals surface area (Å²) in [6.45, 7) is 0. The average Bonchev–Trinajstić information content (AvgIpc) is 2.88. The van der Waals surface area contributed by atoms with Gasteiger partial charge in [0, 0.05) is 29.2 Å². The second kappa shape index (κ2) is 5.95. The topological polar surface area (TPSA) is 118 Å².